The lowest BCUT2D eigenvalue weighted by molar-refractivity contribution is -0.143. The summed E-state index contributed by atoms with van der Waals surface area (Å²) < 4.78 is 12.9. The minimum Gasteiger partial charge on any atom is -0.480 e. The molecule has 0 saturated heterocycles. The smallest absolute Gasteiger partial charge is 0.325 e. The maximum absolute atomic E-state index is 12.9. The van der Waals surface area contributed by atoms with Crippen molar-refractivity contribution in [3.05, 3.63) is 71.5 Å². The number of benzene rings is 2. The van der Waals surface area contributed by atoms with Crippen LogP contribution in [0.5, 0.6) is 0 Å². The quantitative estimate of drug-likeness (QED) is 0.910. The maximum Gasteiger partial charge on any atom is 0.325 e. The largest absolute Gasteiger partial charge is 0.480 e. The molecule has 0 heterocycles. The Morgan fingerprint density at radius 1 is 1.15 bits per heavy atom. The van der Waals surface area contributed by atoms with E-state index in [0.717, 1.165) is 11.1 Å². The fraction of sp³-hybridized carbons (Fsp3) is 0.188. The molecule has 0 radical (unpaired) electrons. The van der Waals surface area contributed by atoms with Crippen LogP contribution in [-0.4, -0.2) is 23.0 Å². The van der Waals surface area contributed by atoms with Gasteiger partial charge in [-0.15, -0.1) is 0 Å². The Morgan fingerprint density at radius 2 is 1.75 bits per heavy atom. The predicted octanol–water partition coefficient (Wildman–Crippen LogP) is 3.08. The number of carboxylic acid groups (broad SMARTS) is 1. The summed E-state index contributed by atoms with van der Waals surface area (Å²) in [4.78, 5) is 13.2. The van der Waals surface area contributed by atoms with Gasteiger partial charge >= 0.3 is 5.97 Å². The van der Waals surface area contributed by atoms with Crippen LogP contribution in [0.15, 0.2) is 54.6 Å². The van der Waals surface area contributed by atoms with Crippen LogP contribution in [0.25, 0.3) is 0 Å². The molecule has 0 fully saturated rings. The van der Waals surface area contributed by atoms with E-state index < -0.39 is 12.0 Å². The van der Waals surface area contributed by atoms with Crippen LogP contribution in [0.1, 0.15) is 17.2 Å². The first-order valence-corrected chi connectivity index (χ1v) is 6.30. The van der Waals surface area contributed by atoms with E-state index in [9.17, 15) is 14.3 Å². The zero-order chi connectivity index (χ0) is 14.5. The van der Waals surface area contributed by atoms with Gasteiger partial charge in [0, 0.05) is 6.54 Å². The number of likely N-dealkylation sites (N-methyl/N-ethyl adjacent to an activating group) is 1. The van der Waals surface area contributed by atoms with Gasteiger partial charge in [0.15, 0.2) is 0 Å². The van der Waals surface area contributed by atoms with Gasteiger partial charge in [-0.2, -0.15) is 0 Å². The number of hydrogen-bond acceptors (Lipinski definition) is 2. The molecule has 0 amide bonds. The number of carbonyl (C=O) groups is 1. The van der Waals surface area contributed by atoms with E-state index in [1.807, 2.05) is 18.2 Å². The molecule has 2 rings (SSSR count). The molecule has 0 spiro atoms. The van der Waals surface area contributed by atoms with Crippen LogP contribution in [0.3, 0.4) is 0 Å². The molecule has 0 bridgehead atoms. The van der Waals surface area contributed by atoms with Gasteiger partial charge in [0.2, 0.25) is 0 Å². The Balaban J connectivity index is 2.18. The predicted molar refractivity (Wildman–Crippen MR) is 74.7 cm³/mol. The summed E-state index contributed by atoms with van der Waals surface area (Å²) in [7, 11) is 1.75. The summed E-state index contributed by atoms with van der Waals surface area (Å²) in [5.74, 6) is -1.20. The number of carboxylic acids is 1. The molecule has 4 heteroatoms. The van der Waals surface area contributed by atoms with Gasteiger partial charge in [0.1, 0.15) is 11.9 Å². The van der Waals surface area contributed by atoms with Gasteiger partial charge in [-0.1, -0.05) is 42.5 Å². The molecule has 104 valence electrons. The molecule has 1 unspecified atom stereocenters. The van der Waals surface area contributed by atoms with Gasteiger partial charge in [0.25, 0.3) is 0 Å². The highest BCUT2D eigenvalue weighted by atomic mass is 19.1. The van der Waals surface area contributed by atoms with Gasteiger partial charge in [-0.05, 0) is 30.3 Å². The fourth-order valence-corrected chi connectivity index (χ4v) is 2.19. The first-order valence-electron chi connectivity index (χ1n) is 6.30. The first-order chi connectivity index (χ1) is 9.58. The number of nitrogens with zero attached hydrogens (tertiary/aromatic N) is 1. The van der Waals surface area contributed by atoms with E-state index in [2.05, 4.69) is 0 Å². The highest BCUT2D eigenvalue weighted by Gasteiger charge is 2.24. The molecule has 0 aromatic heterocycles. The molecular weight excluding hydrogens is 257 g/mol. The lowest BCUT2D eigenvalue weighted by Gasteiger charge is -2.25. The van der Waals surface area contributed by atoms with E-state index in [0.29, 0.717) is 6.54 Å². The van der Waals surface area contributed by atoms with Gasteiger partial charge in [-0.25, -0.2) is 4.39 Å². The van der Waals surface area contributed by atoms with Gasteiger partial charge in [0.05, 0.1) is 0 Å². The van der Waals surface area contributed by atoms with Crippen LogP contribution >= 0.6 is 0 Å². The molecule has 0 saturated carbocycles. The third kappa shape index (κ3) is 3.42. The molecule has 2 aromatic rings. The Bertz CT molecular complexity index is 569. The number of aliphatic carboxylic acids is 1. The van der Waals surface area contributed by atoms with E-state index in [4.69, 9.17) is 0 Å². The second-order valence-electron chi connectivity index (χ2n) is 4.69. The van der Waals surface area contributed by atoms with Crippen molar-refractivity contribution >= 4 is 5.97 Å². The van der Waals surface area contributed by atoms with E-state index in [1.54, 1.807) is 36.2 Å². The highest BCUT2D eigenvalue weighted by Crippen LogP contribution is 2.21. The molecule has 0 aliphatic heterocycles. The zero-order valence-corrected chi connectivity index (χ0v) is 11.2. The van der Waals surface area contributed by atoms with Gasteiger partial charge < -0.3 is 5.11 Å². The summed E-state index contributed by atoms with van der Waals surface area (Å²) >= 11 is 0. The second-order valence-corrected chi connectivity index (χ2v) is 4.69. The molecule has 0 aliphatic rings. The molecule has 3 nitrogen and oxygen atoms in total. The van der Waals surface area contributed by atoms with Crippen molar-refractivity contribution in [3.63, 3.8) is 0 Å². The lowest BCUT2D eigenvalue weighted by atomic mass is 10.1. The number of halogens is 1. The summed E-state index contributed by atoms with van der Waals surface area (Å²) in [5.41, 5.74) is 1.60. The van der Waals surface area contributed by atoms with Crippen LogP contribution in [0.4, 0.5) is 4.39 Å². The summed E-state index contributed by atoms with van der Waals surface area (Å²) in [6.07, 6.45) is 0. The Morgan fingerprint density at radius 3 is 2.30 bits per heavy atom. The Kier molecular flexibility index (Phi) is 4.48. The molecule has 0 aliphatic carbocycles. The van der Waals surface area contributed by atoms with E-state index >= 15 is 0 Å². The van der Waals surface area contributed by atoms with Crippen molar-refractivity contribution in [2.24, 2.45) is 0 Å². The fourth-order valence-electron chi connectivity index (χ4n) is 2.19. The normalized spacial score (nSPS) is 12.3. The molecular formula is C16H16FNO2. The monoisotopic (exact) mass is 273 g/mol. The number of hydrogen-bond donors (Lipinski definition) is 1. The topological polar surface area (TPSA) is 40.5 Å². The van der Waals surface area contributed by atoms with Crippen molar-refractivity contribution in [1.29, 1.82) is 0 Å². The average Bonchev–Trinajstić information content (AvgIpc) is 2.42. The van der Waals surface area contributed by atoms with Crippen molar-refractivity contribution in [2.75, 3.05) is 7.05 Å². The van der Waals surface area contributed by atoms with Crippen LogP contribution in [0.2, 0.25) is 0 Å². The Hall–Kier alpha value is -2.20. The molecule has 2 aromatic carbocycles. The number of rotatable bonds is 5. The van der Waals surface area contributed by atoms with Crippen LogP contribution < -0.4 is 0 Å². The summed E-state index contributed by atoms with van der Waals surface area (Å²) in [6.45, 7) is 0.437. The third-order valence-electron chi connectivity index (χ3n) is 3.14. The van der Waals surface area contributed by atoms with E-state index in [-0.39, 0.29) is 5.82 Å². The van der Waals surface area contributed by atoms with Crippen molar-refractivity contribution < 1.29 is 14.3 Å². The van der Waals surface area contributed by atoms with Crippen molar-refractivity contribution in [1.82, 2.24) is 4.90 Å². The van der Waals surface area contributed by atoms with Crippen LogP contribution in [-0.2, 0) is 11.3 Å². The maximum atomic E-state index is 12.9. The van der Waals surface area contributed by atoms with E-state index in [1.165, 1.54) is 12.1 Å². The molecule has 1 atom stereocenters. The SMILES string of the molecule is CN(Cc1ccc(F)cc1)C(C(=O)O)c1ccccc1. The second kappa shape index (κ2) is 6.30. The summed E-state index contributed by atoms with van der Waals surface area (Å²) in [6, 6.07) is 14.4. The Labute approximate surface area is 117 Å². The molecule has 20 heavy (non-hydrogen) atoms. The van der Waals surface area contributed by atoms with Crippen molar-refractivity contribution in [2.45, 2.75) is 12.6 Å². The zero-order valence-electron chi connectivity index (χ0n) is 11.2. The summed E-state index contributed by atoms with van der Waals surface area (Å²) in [5, 5.41) is 9.42. The lowest BCUT2D eigenvalue weighted by Crippen LogP contribution is -2.30. The first kappa shape index (κ1) is 14.2. The third-order valence-corrected chi connectivity index (χ3v) is 3.14. The minimum atomic E-state index is -0.902. The van der Waals surface area contributed by atoms with Crippen LogP contribution in [0, 0.1) is 5.82 Å². The highest BCUT2D eigenvalue weighted by molar-refractivity contribution is 5.75. The average molecular weight is 273 g/mol. The van der Waals surface area contributed by atoms with Gasteiger partial charge in [-0.3, -0.25) is 9.69 Å². The minimum absolute atomic E-state index is 0.297. The standard InChI is InChI=1S/C16H16FNO2/c1-18(11-12-7-9-14(17)10-8-12)15(16(19)20)13-5-3-2-4-6-13/h2-10,15H,11H2,1H3,(H,19,20). The molecule has 1 N–H and O–H groups in total. The van der Waals surface area contributed by atoms with Crippen molar-refractivity contribution in [3.8, 4) is 0 Å².